The molecule has 32 heavy (non-hydrogen) atoms. The third kappa shape index (κ3) is 8.30. The highest BCUT2D eigenvalue weighted by Crippen LogP contribution is 2.31. The molecule has 0 unspecified atom stereocenters. The minimum atomic E-state index is -0.732. The fourth-order valence-electron chi connectivity index (χ4n) is 2.90. The van der Waals surface area contributed by atoms with Gasteiger partial charge in [-0.2, -0.15) is 0 Å². The van der Waals surface area contributed by atoms with Crippen LogP contribution in [-0.2, 0) is 23.8 Å². The van der Waals surface area contributed by atoms with Gasteiger partial charge in [-0.25, -0.2) is 4.98 Å². The van der Waals surface area contributed by atoms with Crippen LogP contribution in [0.1, 0.15) is 51.5 Å². The van der Waals surface area contributed by atoms with Crippen LogP contribution in [0.25, 0.3) is 0 Å². The highest BCUT2D eigenvalue weighted by Gasteiger charge is 2.30. The van der Waals surface area contributed by atoms with E-state index in [0.717, 1.165) is 0 Å². The zero-order valence-electron chi connectivity index (χ0n) is 19.6. The van der Waals surface area contributed by atoms with Gasteiger partial charge in [-0.3, -0.25) is 14.4 Å². The van der Waals surface area contributed by atoms with Crippen LogP contribution in [0.3, 0.4) is 0 Å². The number of carbonyl (C=O) groups is 3. The maximum atomic E-state index is 12.9. The van der Waals surface area contributed by atoms with Crippen molar-refractivity contribution in [2.24, 2.45) is 11.8 Å². The fraction of sp³-hybridized carbons (Fsp3) is 0.565. The number of hydrogen-bond acceptors (Lipinski definition) is 9. The molecule has 0 amide bonds. The first-order chi connectivity index (χ1) is 15.1. The van der Waals surface area contributed by atoms with Crippen LogP contribution in [0.5, 0.6) is 11.5 Å². The molecule has 1 rings (SSSR count). The van der Waals surface area contributed by atoms with Crippen molar-refractivity contribution >= 4 is 17.7 Å². The molecule has 178 valence electrons. The molecule has 0 aliphatic carbocycles. The van der Waals surface area contributed by atoms with Crippen LogP contribution in [0, 0.1) is 11.8 Å². The van der Waals surface area contributed by atoms with Crippen molar-refractivity contribution in [1.29, 1.82) is 0 Å². The van der Waals surface area contributed by atoms with Crippen molar-refractivity contribution in [3.8, 4) is 11.5 Å². The van der Waals surface area contributed by atoms with Gasteiger partial charge in [0, 0.05) is 25.6 Å². The third-order valence-electron chi connectivity index (χ3n) is 4.56. The summed E-state index contributed by atoms with van der Waals surface area (Å²) < 4.78 is 26.6. The number of ether oxygens (including phenoxy) is 5. The van der Waals surface area contributed by atoms with E-state index in [1.807, 2.05) is 20.8 Å². The second-order valence-electron chi connectivity index (χ2n) is 7.59. The van der Waals surface area contributed by atoms with Crippen molar-refractivity contribution in [1.82, 2.24) is 4.98 Å². The first kappa shape index (κ1) is 27.1. The molecular weight excluding hydrogens is 418 g/mol. The van der Waals surface area contributed by atoms with Crippen molar-refractivity contribution in [2.45, 2.75) is 53.2 Å². The summed E-state index contributed by atoms with van der Waals surface area (Å²) in [6.45, 7) is 12.1. The number of hydrogen-bond donors (Lipinski definition) is 0. The first-order valence-electron chi connectivity index (χ1n) is 10.4. The summed E-state index contributed by atoms with van der Waals surface area (Å²) in [6.07, 6.45) is 2.05. The van der Waals surface area contributed by atoms with Crippen molar-refractivity contribution in [3.05, 3.63) is 30.6 Å². The maximum Gasteiger partial charge on any atom is 0.309 e. The van der Waals surface area contributed by atoms with Crippen molar-refractivity contribution < 1.29 is 38.1 Å². The average molecular weight is 452 g/mol. The van der Waals surface area contributed by atoms with Crippen LogP contribution in [0.15, 0.2) is 24.9 Å². The van der Waals surface area contributed by atoms with E-state index in [1.165, 1.54) is 26.3 Å². The lowest BCUT2D eigenvalue weighted by Gasteiger charge is -2.28. The molecule has 0 aromatic carbocycles. The molecule has 1 aromatic rings. The van der Waals surface area contributed by atoms with Gasteiger partial charge in [0.1, 0.15) is 6.10 Å². The van der Waals surface area contributed by atoms with Gasteiger partial charge in [0.25, 0.3) is 0 Å². The Kier molecular flexibility index (Phi) is 11.4. The molecule has 1 aromatic heterocycles. The van der Waals surface area contributed by atoms with Crippen LogP contribution in [-0.4, -0.2) is 55.4 Å². The molecule has 0 aliphatic heterocycles. The van der Waals surface area contributed by atoms with Gasteiger partial charge >= 0.3 is 11.9 Å². The number of nitrogens with zero attached hydrogens (tertiary/aromatic N) is 1. The summed E-state index contributed by atoms with van der Waals surface area (Å²) in [5, 5.41) is 0. The normalized spacial score (nSPS) is 13.6. The number of pyridine rings is 1. The van der Waals surface area contributed by atoms with Crippen LogP contribution < -0.4 is 9.47 Å². The van der Waals surface area contributed by atoms with Crippen LogP contribution in [0.4, 0.5) is 0 Å². The lowest BCUT2D eigenvalue weighted by Crippen LogP contribution is -2.37. The second-order valence-corrected chi connectivity index (χ2v) is 7.59. The topological polar surface area (TPSA) is 110 Å². The number of rotatable bonds is 14. The minimum absolute atomic E-state index is 0.0167. The molecule has 0 fully saturated rings. The fourth-order valence-corrected chi connectivity index (χ4v) is 2.90. The SMILES string of the molecule is C=CCO[C@@H](C)[C@H](OC(=O)[C@H](C)CC(=O)c1nccc(OC)c1OCOC(C)=O)C(C)C. The molecule has 9 heteroatoms. The number of carbonyl (C=O) groups excluding carboxylic acids is 3. The molecular formula is C23H33NO8. The summed E-state index contributed by atoms with van der Waals surface area (Å²) in [5.74, 6) is -1.93. The minimum Gasteiger partial charge on any atom is -0.493 e. The Labute approximate surface area is 189 Å². The summed E-state index contributed by atoms with van der Waals surface area (Å²) in [6, 6.07) is 1.51. The first-order valence-corrected chi connectivity index (χ1v) is 10.4. The molecule has 1 heterocycles. The van der Waals surface area contributed by atoms with Gasteiger partial charge in [-0.05, 0) is 12.8 Å². The number of esters is 2. The Bertz CT molecular complexity index is 792. The largest absolute Gasteiger partial charge is 0.493 e. The number of ketones is 1. The molecule has 0 radical (unpaired) electrons. The summed E-state index contributed by atoms with van der Waals surface area (Å²) in [4.78, 5) is 40.6. The van der Waals surface area contributed by atoms with Gasteiger partial charge < -0.3 is 23.7 Å². The van der Waals surface area contributed by atoms with Crippen molar-refractivity contribution in [3.63, 3.8) is 0 Å². The average Bonchev–Trinajstić information content (AvgIpc) is 2.74. The van der Waals surface area contributed by atoms with Crippen LogP contribution in [0.2, 0.25) is 0 Å². The highest BCUT2D eigenvalue weighted by atomic mass is 16.7. The Morgan fingerprint density at radius 1 is 1.19 bits per heavy atom. The number of Topliss-reactive ketones (excluding diaryl/α,β-unsaturated/α-hetero) is 1. The van der Waals surface area contributed by atoms with Gasteiger partial charge in [0.15, 0.2) is 23.0 Å². The lowest BCUT2D eigenvalue weighted by molar-refractivity contribution is -0.164. The summed E-state index contributed by atoms with van der Waals surface area (Å²) >= 11 is 0. The maximum absolute atomic E-state index is 12.9. The Morgan fingerprint density at radius 2 is 1.88 bits per heavy atom. The summed E-state index contributed by atoms with van der Waals surface area (Å²) in [5.41, 5.74) is -0.0285. The van der Waals surface area contributed by atoms with E-state index in [0.29, 0.717) is 6.61 Å². The lowest BCUT2D eigenvalue weighted by atomic mass is 10.00. The van der Waals surface area contributed by atoms with E-state index in [-0.39, 0.29) is 35.6 Å². The van der Waals surface area contributed by atoms with E-state index < -0.39 is 36.5 Å². The molecule has 0 aliphatic rings. The third-order valence-corrected chi connectivity index (χ3v) is 4.56. The molecule has 3 atom stereocenters. The van der Waals surface area contributed by atoms with Gasteiger partial charge in [0.05, 0.1) is 25.7 Å². The molecule has 0 saturated carbocycles. The van der Waals surface area contributed by atoms with E-state index in [4.69, 9.17) is 23.7 Å². The summed E-state index contributed by atoms with van der Waals surface area (Å²) in [7, 11) is 1.41. The molecule has 0 N–H and O–H groups in total. The highest BCUT2D eigenvalue weighted by molar-refractivity contribution is 5.99. The van der Waals surface area contributed by atoms with Crippen LogP contribution >= 0.6 is 0 Å². The monoisotopic (exact) mass is 451 g/mol. The molecule has 0 bridgehead atoms. The van der Waals surface area contributed by atoms with E-state index in [1.54, 1.807) is 13.0 Å². The number of methoxy groups -OCH3 is 1. The van der Waals surface area contributed by atoms with E-state index in [9.17, 15) is 14.4 Å². The van der Waals surface area contributed by atoms with E-state index >= 15 is 0 Å². The Morgan fingerprint density at radius 3 is 2.44 bits per heavy atom. The molecule has 0 spiro atoms. The number of aromatic nitrogens is 1. The second kappa shape index (κ2) is 13.5. The van der Waals surface area contributed by atoms with Gasteiger partial charge in [0.2, 0.25) is 6.79 Å². The Hall–Kier alpha value is -2.94. The standard InChI is InChI=1S/C23H33NO8/c1-8-11-29-16(5)21(14(2)3)32-23(27)15(4)12-18(26)20-22(31-13-30-17(6)25)19(28-7)9-10-24-20/h8-10,14-16,21H,1,11-13H2,2-7H3/t15-,16+,21-/m1/s1. The molecule has 9 nitrogen and oxygen atoms in total. The van der Waals surface area contributed by atoms with Gasteiger partial charge in [-0.1, -0.05) is 26.8 Å². The van der Waals surface area contributed by atoms with Gasteiger partial charge in [-0.15, -0.1) is 6.58 Å². The predicted molar refractivity (Wildman–Crippen MR) is 116 cm³/mol. The smallest absolute Gasteiger partial charge is 0.309 e. The zero-order chi connectivity index (χ0) is 24.3. The predicted octanol–water partition coefficient (Wildman–Crippen LogP) is 3.36. The van der Waals surface area contributed by atoms with E-state index in [2.05, 4.69) is 11.6 Å². The van der Waals surface area contributed by atoms with Crippen molar-refractivity contribution in [2.75, 3.05) is 20.5 Å². The molecule has 0 saturated heterocycles. The Balaban J connectivity index is 2.90. The zero-order valence-corrected chi connectivity index (χ0v) is 19.6. The quantitative estimate of drug-likeness (QED) is 0.182.